The monoisotopic (exact) mass is 447 g/mol. The van der Waals surface area contributed by atoms with E-state index < -0.39 is 11.9 Å². The molecule has 0 saturated carbocycles. The van der Waals surface area contributed by atoms with E-state index in [9.17, 15) is 14.0 Å². The molecule has 1 aromatic heterocycles. The molecular weight excluding hydrogens is 429 g/mol. The van der Waals surface area contributed by atoms with Gasteiger partial charge >= 0.3 is 0 Å². The number of anilines is 1. The van der Waals surface area contributed by atoms with Gasteiger partial charge in [-0.2, -0.15) is 0 Å². The van der Waals surface area contributed by atoms with E-state index in [-0.39, 0.29) is 23.3 Å². The summed E-state index contributed by atoms with van der Waals surface area (Å²) in [7, 11) is 1.75. The van der Waals surface area contributed by atoms with Crippen LogP contribution in [0.3, 0.4) is 0 Å². The maximum Gasteiger partial charge on any atom is 0.251 e. The molecule has 1 atom stereocenters. The smallest absolute Gasteiger partial charge is 0.251 e. The minimum absolute atomic E-state index is 0.0336. The maximum atomic E-state index is 13.6. The van der Waals surface area contributed by atoms with Gasteiger partial charge in [-0.15, -0.1) is 10.2 Å². The first-order valence-corrected chi connectivity index (χ1v) is 10.3. The summed E-state index contributed by atoms with van der Waals surface area (Å²) < 4.78 is 15.3. The van der Waals surface area contributed by atoms with Crippen LogP contribution in [0.15, 0.2) is 53.7 Å². The lowest BCUT2D eigenvalue weighted by Crippen LogP contribution is -2.28. The first kappa shape index (κ1) is 21.8. The second-order valence-corrected chi connectivity index (χ2v) is 7.80. The lowest BCUT2D eigenvalue weighted by molar-refractivity contribution is -0.113. The summed E-state index contributed by atoms with van der Waals surface area (Å²) in [5.74, 6) is -0.554. The van der Waals surface area contributed by atoms with Crippen molar-refractivity contribution in [3.63, 3.8) is 0 Å². The molecule has 0 spiro atoms. The summed E-state index contributed by atoms with van der Waals surface area (Å²) in [6.07, 6.45) is 0. The molecule has 0 bridgehead atoms. The third-order valence-corrected chi connectivity index (χ3v) is 5.46. The lowest BCUT2D eigenvalue weighted by atomic mass is 10.2. The summed E-state index contributed by atoms with van der Waals surface area (Å²) in [4.78, 5) is 24.5. The van der Waals surface area contributed by atoms with Crippen LogP contribution in [-0.2, 0) is 11.8 Å². The molecular formula is C20H19ClFN5O2S. The fourth-order valence-corrected chi connectivity index (χ4v) is 3.50. The Morgan fingerprint density at radius 3 is 2.57 bits per heavy atom. The fraction of sp³-hybridized carbons (Fsp3) is 0.200. The number of aromatic nitrogens is 3. The third kappa shape index (κ3) is 5.37. The minimum atomic E-state index is -0.498. The molecule has 10 heteroatoms. The highest BCUT2D eigenvalue weighted by atomic mass is 35.5. The Labute approximate surface area is 182 Å². The maximum absolute atomic E-state index is 13.6. The van der Waals surface area contributed by atoms with Crippen LogP contribution in [0.25, 0.3) is 0 Å². The van der Waals surface area contributed by atoms with Gasteiger partial charge in [-0.25, -0.2) is 4.39 Å². The van der Waals surface area contributed by atoms with Crippen molar-refractivity contribution in [3.05, 3.63) is 70.8 Å². The van der Waals surface area contributed by atoms with Gasteiger partial charge in [-0.05, 0) is 43.3 Å². The Hall–Kier alpha value is -2.91. The zero-order valence-electron chi connectivity index (χ0n) is 16.2. The van der Waals surface area contributed by atoms with E-state index in [2.05, 4.69) is 20.8 Å². The number of nitrogens with one attached hydrogen (secondary N) is 2. The third-order valence-electron chi connectivity index (χ3n) is 4.19. The molecule has 0 aliphatic carbocycles. The minimum Gasteiger partial charge on any atom is -0.342 e. The molecule has 0 aliphatic rings. The van der Waals surface area contributed by atoms with Gasteiger partial charge < -0.3 is 15.2 Å². The number of thioether (sulfide) groups is 1. The Kier molecular flexibility index (Phi) is 7.07. The summed E-state index contributed by atoms with van der Waals surface area (Å²) in [5.41, 5.74) is 0.605. The van der Waals surface area contributed by atoms with E-state index in [0.717, 1.165) is 11.8 Å². The number of para-hydroxylation sites is 1. The van der Waals surface area contributed by atoms with Crippen LogP contribution in [0.5, 0.6) is 0 Å². The molecule has 1 heterocycles. The largest absolute Gasteiger partial charge is 0.342 e. The van der Waals surface area contributed by atoms with E-state index in [1.165, 1.54) is 12.1 Å². The quantitative estimate of drug-likeness (QED) is 0.537. The van der Waals surface area contributed by atoms with Crippen LogP contribution in [0.4, 0.5) is 10.1 Å². The number of amides is 2. The number of hydrogen-bond acceptors (Lipinski definition) is 5. The van der Waals surface area contributed by atoms with Crippen molar-refractivity contribution in [1.29, 1.82) is 0 Å². The van der Waals surface area contributed by atoms with Crippen LogP contribution in [-0.4, -0.2) is 32.3 Å². The van der Waals surface area contributed by atoms with E-state index in [4.69, 9.17) is 11.6 Å². The first-order chi connectivity index (χ1) is 14.3. The van der Waals surface area contributed by atoms with Gasteiger partial charge in [0.15, 0.2) is 11.0 Å². The predicted molar refractivity (Wildman–Crippen MR) is 114 cm³/mol. The molecule has 3 rings (SSSR count). The van der Waals surface area contributed by atoms with Gasteiger partial charge in [-0.1, -0.05) is 35.5 Å². The fourth-order valence-electron chi connectivity index (χ4n) is 2.65. The molecule has 30 heavy (non-hydrogen) atoms. The molecule has 156 valence electrons. The van der Waals surface area contributed by atoms with Crippen LogP contribution >= 0.6 is 23.4 Å². The molecule has 3 aromatic rings. The van der Waals surface area contributed by atoms with Gasteiger partial charge in [0.1, 0.15) is 5.82 Å². The zero-order valence-corrected chi connectivity index (χ0v) is 17.8. The lowest BCUT2D eigenvalue weighted by Gasteiger charge is -2.13. The summed E-state index contributed by atoms with van der Waals surface area (Å²) >= 11 is 7.01. The molecule has 1 unspecified atom stereocenters. The van der Waals surface area contributed by atoms with E-state index in [0.29, 0.717) is 21.6 Å². The van der Waals surface area contributed by atoms with E-state index in [1.807, 2.05) is 0 Å². The second kappa shape index (κ2) is 9.73. The summed E-state index contributed by atoms with van der Waals surface area (Å²) in [6.45, 7) is 1.79. The number of carbonyl (C=O) groups is 2. The average molecular weight is 448 g/mol. The molecule has 0 aliphatic heterocycles. The number of nitrogens with zero attached hydrogens (tertiary/aromatic N) is 3. The van der Waals surface area contributed by atoms with Gasteiger partial charge in [0, 0.05) is 17.6 Å². The molecule has 0 saturated heterocycles. The average Bonchev–Trinajstić information content (AvgIpc) is 3.09. The number of halogens is 2. The van der Waals surface area contributed by atoms with Crippen molar-refractivity contribution < 1.29 is 14.0 Å². The Morgan fingerprint density at radius 2 is 1.87 bits per heavy atom. The first-order valence-electron chi connectivity index (χ1n) is 8.98. The number of hydrogen-bond donors (Lipinski definition) is 2. The van der Waals surface area contributed by atoms with Crippen molar-refractivity contribution in [1.82, 2.24) is 20.1 Å². The second-order valence-electron chi connectivity index (χ2n) is 6.42. The summed E-state index contributed by atoms with van der Waals surface area (Å²) in [6, 6.07) is 12.1. The number of rotatable bonds is 7. The SMILES string of the molecule is CC(NC(=O)c1ccc(Cl)cc1)c1nnc(SCC(=O)Nc2ccccc2F)n1C. The Morgan fingerprint density at radius 1 is 1.17 bits per heavy atom. The highest BCUT2D eigenvalue weighted by Crippen LogP contribution is 2.20. The molecule has 2 amide bonds. The van der Waals surface area contributed by atoms with Crippen molar-refractivity contribution >= 4 is 40.9 Å². The van der Waals surface area contributed by atoms with Crippen LogP contribution in [0, 0.1) is 5.82 Å². The molecule has 2 aromatic carbocycles. The molecule has 7 nitrogen and oxygen atoms in total. The topological polar surface area (TPSA) is 88.9 Å². The molecule has 0 radical (unpaired) electrons. The normalized spacial score (nSPS) is 11.7. The van der Waals surface area contributed by atoms with Crippen LogP contribution < -0.4 is 10.6 Å². The van der Waals surface area contributed by atoms with Crippen LogP contribution in [0.1, 0.15) is 29.1 Å². The van der Waals surface area contributed by atoms with Crippen molar-refractivity contribution in [3.8, 4) is 0 Å². The summed E-state index contributed by atoms with van der Waals surface area (Å²) in [5, 5.41) is 14.6. The molecule has 0 fully saturated rings. The number of benzene rings is 2. The van der Waals surface area contributed by atoms with Gasteiger partial charge in [0.05, 0.1) is 17.5 Å². The predicted octanol–water partition coefficient (Wildman–Crippen LogP) is 3.83. The highest BCUT2D eigenvalue weighted by Gasteiger charge is 2.19. The van der Waals surface area contributed by atoms with Crippen molar-refractivity contribution in [2.45, 2.75) is 18.1 Å². The van der Waals surface area contributed by atoms with Gasteiger partial charge in [0.25, 0.3) is 5.91 Å². The van der Waals surface area contributed by atoms with Crippen molar-refractivity contribution in [2.75, 3.05) is 11.1 Å². The van der Waals surface area contributed by atoms with Gasteiger partial charge in [-0.3, -0.25) is 9.59 Å². The zero-order chi connectivity index (χ0) is 21.7. The van der Waals surface area contributed by atoms with E-state index >= 15 is 0 Å². The van der Waals surface area contributed by atoms with Crippen molar-refractivity contribution in [2.24, 2.45) is 7.05 Å². The number of carbonyl (C=O) groups excluding carboxylic acids is 2. The highest BCUT2D eigenvalue weighted by molar-refractivity contribution is 7.99. The van der Waals surface area contributed by atoms with Gasteiger partial charge in [0.2, 0.25) is 5.91 Å². The standard InChI is InChI=1S/C20H19ClFN5O2S/c1-12(23-19(29)13-7-9-14(21)10-8-13)18-25-26-20(27(18)2)30-11-17(28)24-16-6-4-3-5-15(16)22/h3-10,12H,11H2,1-2H3,(H,23,29)(H,24,28). The van der Waals surface area contributed by atoms with E-state index in [1.54, 1.807) is 54.9 Å². The Balaban J connectivity index is 1.58. The Bertz CT molecular complexity index is 1060. The van der Waals surface area contributed by atoms with Crippen LogP contribution in [0.2, 0.25) is 5.02 Å². The molecule has 2 N–H and O–H groups in total.